The maximum absolute atomic E-state index is 15.6. The van der Waals surface area contributed by atoms with Gasteiger partial charge in [-0.2, -0.15) is 17.6 Å². The molecule has 2 aliphatic heterocycles. The Kier molecular flexibility index (Phi) is 11.0. The number of rotatable bonds is 9. The molecule has 0 radical (unpaired) electrons. The fourth-order valence-electron chi connectivity index (χ4n) is 6.90. The number of anilines is 1. The van der Waals surface area contributed by atoms with Crippen LogP contribution < -0.4 is 15.8 Å². The molecule has 0 unspecified atom stereocenters. The average Bonchev–Trinajstić information content (AvgIpc) is 3.13. The molecule has 3 aliphatic rings. The first-order valence-electron chi connectivity index (χ1n) is 16.8. The van der Waals surface area contributed by atoms with Gasteiger partial charge in [-0.05, 0) is 43.2 Å². The maximum atomic E-state index is 15.6. The number of benzene rings is 2. The second kappa shape index (κ2) is 15.3. The minimum absolute atomic E-state index is 0.000950. The summed E-state index contributed by atoms with van der Waals surface area (Å²) >= 11 is 6.18. The van der Waals surface area contributed by atoms with Crippen LogP contribution in [0.3, 0.4) is 0 Å². The van der Waals surface area contributed by atoms with E-state index >= 15 is 8.78 Å². The number of carbonyl (C=O) groups is 2. The number of carbonyl (C=O) groups excluding carboxylic acids is 2. The molecule has 11 nitrogen and oxygen atoms in total. The number of alkyl halides is 3. The van der Waals surface area contributed by atoms with Gasteiger partial charge in [0.25, 0.3) is 11.8 Å². The van der Waals surface area contributed by atoms with E-state index in [1.54, 1.807) is 12.1 Å². The van der Waals surface area contributed by atoms with Gasteiger partial charge in [-0.3, -0.25) is 19.5 Å². The van der Waals surface area contributed by atoms with Crippen molar-refractivity contribution in [1.29, 1.82) is 0 Å². The molecule has 0 atom stereocenters. The van der Waals surface area contributed by atoms with Crippen LogP contribution in [0.25, 0.3) is 11.3 Å². The molecule has 3 heterocycles. The van der Waals surface area contributed by atoms with Gasteiger partial charge in [-0.25, -0.2) is 19.4 Å². The third-order valence-electron chi connectivity index (χ3n) is 9.79. The van der Waals surface area contributed by atoms with E-state index in [-0.39, 0.29) is 45.6 Å². The summed E-state index contributed by atoms with van der Waals surface area (Å²) in [4.78, 5) is 37.6. The lowest BCUT2D eigenvalue weighted by atomic mass is 9.76. The number of hydrogen-bond acceptors (Lipinski definition) is 9. The van der Waals surface area contributed by atoms with E-state index in [1.165, 1.54) is 30.3 Å². The molecule has 6 rings (SSSR count). The Balaban J connectivity index is 1.29. The monoisotopic (exact) mass is 749 g/mol. The predicted molar refractivity (Wildman–Crippen MR) is 181 cm³/mol. The summed E-state index contributed by atoms with van der Waals surface area (Å²) in [5, 5.41) is 5.51. The third kappa shape index (κ3) is 7.56. The second-order valence-corrected chi connectivity index (χ2v) is 13.3. The number of likely N-dealkylation sites (N-methyl/N-ethyl adjacent to an activating group) is 1. The molecule has 1 saturated heterocycles. The van der Waals surface area contributed by atoms with Crippen molar-refractivity contribution in [2.75, 3.05) is 51.8 Å². The van der Waals surface area contributed by atoms with Gasteiger partial charge in [-0.15, -0.1) is 0 Å². The summed E-state index contributed by atoms with van der Waals surface area (Å²) in [6.45, 7) is 2.79. The Morgan fingerprint density at radius 3 is 2.50 bits per heavy atom. The summed E-state index contributed by atoms with van der Waals surface area (Å²) in [6.07, 6.45) is -0.765. The second-order valence-electron chi connectivity index (χ2n) is 12.9. The number of aromatic nitrogens is 2. The topological polar surface area (TPSA) is 126 Å². The molecular weight excluding hydrogens is 713 g/mol. The summed E-state index contributed by atoms with van der Waals surface area (Å²) in [5.74, 6) is -4.51. The van der Waals surface area contributed by atoms with Crippen molar-refractivity contribution in [3.8, 4) is 17.0 Å². The molecule has 3 aromatic rings. The minimum atomic E-state index is -4.77. The van der Waals surface area contributed by atoms with E-state index in [9.17, 15) is 22.8 Å². The lowest BCUT2D eigenvalue weighted by Gasteiger charge is -2.52. The van der Waals surface area contributed by atoms with Crippen molar-refractivity contribution in [1.82, 2.24) is 24.9 Å². The Morgan fingerprint density at radius 1 is 1.06 bits per heavy atom. The van der Waals surface area contributed by atoms with Gasteiger partial charge in [0.05, 0.1) is 36.7 Å². The molecular formula is C35H37ClF5N7O4. The number of amides is 2. The summed E-state index contributed by atoms with van der Waals surface area (Å²) in [5.41, 5.74) is 3.73. The van der Waals surface area contributed by atoms with Gasteiger partial charge in [0, 0.05) is 48.5 Å². The van der Waals surface area contributed by atoms with Crippen LogP contribution in [0.2, 0.25) is 5.02 Å². The van der Waals surface area contributed by atoms with Crippen molar-refractivity contribution >= 4 is 29.1 Å². The third-order valence-corrected chi connectivity index (χ3v) is 10.0. The SMILES string of the molecule is CN1N(Cc2ccc(OCCN3CCOCC3)c(F)c2F)C(=O)C(C(=O)Nc2ccc(Cl)cc2-c2cc(C(F)(F)F)ncn2)=C(N)C12CCCCC2. The molecule has 1 aliphatic carbocycles. The Labute approximate surface area is 301 Å². The smallest absolute Gasteiger partial charge is 0.433 e. The van der Waals surface area contributed by atoms with Crippen LogP contribution in [0.1, 0.15) is 43.4 Å². The standard InChI is InChI=1S/C35H37ClF5N7O4/c1-46-34(9-3-2-4-10-34)31(42)28(32(49)45-24-7-6-22(36)17-23(24)25-18-27(35(39,40)41)44-20-43-25)33(50)48(46)19-21-5-8-26(30(38)29(21)37)52-16-13-47-11-14-51-15-12-47/h5-8,17-18,20H,2-4,9-16,19,42H2,1H3,(H,45,49). The summed E-state index contributed by atoms with van der Waals surface area (Å²) in [6, 6.07) is 7.42. The van der Waals surface area contributed by atoms with E-state index in [0.717, 1.165) is 30.6 Å². The van der Waals surface area contributed by atoms with Gasteiger partial charge in [0.15, 0.2) is 11.6 Å². The molecule has 1 aromatic heterocycles. The molecule has 2 amide bonds. The molecule has 1 saturated carbocycles. The largest absolute Gasteiger partial charge is 0.489 e. The molecule has 52 heavy (non-hydrogen) atoms. The van der Waals surface area contributed by atoms with Crippen LogP contribution in [0.4, 0.5) is 27.6 Å². The first-order chi connectivity index (χ1) is 24.8. The highest BCUT2D eigenvalue weighted by Crippen LogP contribution is 2.43. The van der Waals surface area contributed by atoms with E-state index in [1.807, 2.05) is 0 Å². The number of nitrogens with zero attached hydrogens (tertiary/aromatic N) is 5. The highest BCUT2D eigenvalue weighted by atomic mass is 35.5. The first-order valence-corrected chi connectivity index (χ1v) is 17.1. The molecule has 2 fully saturated rings. The van der Waals surface area contributed by atoms with Gasteiger partial charge >= 0.3 is 6.18 Å². The maximum Gasteiger partial charge on any atom is 0.433 e. The van der Waals surface area contributed by atoms with Gasteiger partial charge < -0.3 is 20.5 Å². The Morgan fingerprint density at radius 2 is 1.79 bits per heavy atom. The Hall–Kier alpha value is -4.38. The van der Waals surface area contributed by atoms with Crippen LogP contribution in [-0.4, -0.2) is 88.7 Å². The van der Waals surface area contributed by atoms with Crippen molar-refractivity contribution in [3.05, 3.63) is 81.9 Å². The van der Waals surface area contributed by atoms with Crippen LogP contribution in [0, 0.1) is 11.6 Å². The van der Waals surface area contributed by atoms with Crippen molar-refractivity contribution in [2.45, 2.75) is 50.4 Å². The first kappa shape index (κ1) is 37.4. The summed E-state index contributed by atoms with van der Waals surface area (Å²) in [7, 11) is 1.62. The molecule has 278 valence electrons. The number of ether oxygens (including phenoxy) is 2. The average molecular weight is 750 g/mol. The van der Waals surface area contributed by atoms with Crippen molar-refractivity contribution in [3.63, 3.8) is 0 Å². The van der Waals surface area contributed by atoms with Crippen molar-refractivity contribution in [2.24, 2.45) is 5.73 Å². The van der Waals surface area contributed by atoms with Crippen molar-refractivity contribution < 1.29 is 41.0 Å². The number of morpholine rings is 1. The molecule has 3 N–H and O–H groups in total. The molecule has 0 bridgehead atoms. The normalized spacial score (nSPS) is 18.6. The fraction of sp³-hybridized carbons (Fsp3) is 0.429. The minimum Gasteiger partial charge on any atom is -0.489 e. The lowest BCUT2D eigenvalue weighted by molar-refractivity contribution is -0.162. The van der Waals surface area contributed by atoms with Gasteiger partial charge in [0.2, 0.25) is 5.82 Å². The summed E-state index contributed by atoms with van der Waals surface area (Å²) < 4.78 is 82.2. The van der Waals surface area contributed by atoms with Crippen LogP contribution >= 0.6 is 11.6 Å². The number of hydrogen-bond donors (Lipinski definition) is 2. The Bertz CT molecular complexity index is 1870. The predicted octanol–water partition coefficient (Wildman–Crippen LogP) is 5.55. The van der Waals surface area contributed by atoms with E-state index < -0.39 is 53.0 Å². The highest BCUT2D eigenvalue weighted by Gasteiger charge is 2.50. The van der Waals surface area contributed by atoms with Crippen LogP contribution in [0.5, 0.6) is 5.75 Å². The quantitative estimate of drug-likeness (QED) is 0.214. The zero-order valence-corrected chi connectivity index (χ0v) is 29.0. The van der Waals surface area contributed by atoms with E-state index in [0.29, 0.717) is 51.8 Å². The highest BCUT2D eigenvalue weighted by molar-refractivity contribution is 6.31. The van der Waals surface area contributed by atoms with Gasteiger partial charge in [0.1, 0.15) is 24.2 Å². The zero-order chi connectivity index (χ0) is 37.2. The number of nitrogens with two attached hydrogens (primary N) is 1. The number of halogens is 6. The van der Waals surface area contributed by atoms with Gasteiger partial charge in [-0.1, -0.05) is 36.9 Å². The van der Waals surface area contributed by atoms with E-state index in [4.69, 9.17) is 26.8 Å². The number of nitrogens with one attached hydrogen (secondary N) is 1. The molecule has 17 heteroatoms. The van der Waals surface area contributed by atoms with Crippen LogP contribution in [-0.2, 0) is 27.0 Å². The molecule has 2 aromatic carbocycles. The lowest BCUT2D eigenvalue weighted by Crippen LogP contribution is -2.65. The number of hydrazine groups is 1. The molecule has 1 spiro atoms. The zero-order valence-electron chi connectivity index (χ0n) is 28.2. The van der Waals surface area contributed by atoms with Crippen LogP contribution in [0.15, 0.2) is 54.0 Å². The fourth-order valence-corrected chi connectivity index (χ4v) is 7.08. The van der Waals surface area contributed by atoms with E-state index in [2.05, 4.69) is 20.2 Å².